The van der Waals surface area contributed by atoms with Gasteiger partial charge in [0.05, 0.1) is 12.3 Å². The Kier molecular flexibility index (Phi) is 5.88. The molecule has 2 heterocycles. The molecule has 2 aromatic heterocycles. The van der Waals surface area contributed by atoms with Crippen LogP contribution in [0.3, 0.4) is 0 Å². The summed E-state index contributed by atoms with van der Waals surface area (Å²) in [7, 11) is 0. The predicted molar refractivity (Wildman–Crippen MR) is 107 cm³/mol. The van der Waals surface area contributed by atoms with Gasteiger partial charge >= 0.3 is 12.6 Å². The number of carboxylic acid groups (broad SMARTS) is 1. The van der Waals surface area contributed by atoms with Crippen molar-refractivity contribution in [3.63, 3.8) is 0 Å². The molecule has 0 aliphatic carbocycles. The van der Waals surface area contributed by atoms with Crippen LogP contribution in [-0.4, -0.2) is 33.7 Å². The molecule has 0 atom stereocenters. The van der Waals surface area contributed by atoms with Gasteiger partial charge in [0.25, 0.3) is 0 Å². The number of halogens is 2. The van der Waals surface area contributed by atoms with Gasteiger partial charge in [-0.25, -0.2) is 9.78 Å². The lowest BCUT2D eigenvalue weighted by atomic mass is 9.98. The molecular formula is C20H20F2N2O4S. The van der Waals surface area contributed by atoms with Crippen LogP contribution in [-0.2, 0) is 0 Å². The number of ether oxygens (including phenoxy) is 2. The summed E-state index contributed by atoms with van der Waals surface area (Å²) in [6.45, 7) is 3.14. The van der Waals surface area contributed by atoms with Crippen molar-refractivity contribution in [2.24, 2.45) is 5.41 Å². The van der Waals surface area contributed by atoms with Gasteiger partial charge in [-0.2, -0.15) is 8.78 Å². The monoisotopic (exact) mass is 422 g/mol. The molecular weight excluding hydrogens is 402 g/mol. The van der Waals surface area contributed by atoms with E-state index in [-0.39, 0.29) is 34.9 Å². The second-order valence-corrected chi connectivity index (χ2v) is 8.32. The fourth-order valence-electron chi connectivity index (χ4n) is 2.60. The summed E-state index contributed by atoms with van der Waals surface area (Å²) < 4.78 is 37.5. The van der Waals surface area contributed by atoms with Crippen LogP contribution in [0.1, 0.15) is 42.5 Å². The van der Waals surface area contributed by atoms with Gasteiger partial charge in [0.15, 0.2) is 22.2 Å². The number of nitrogens with zero attached hydrogens (tertiary/aromatic N) is 2. The zero-order valence-corrected chi connectivity index (χ0v) is 16.9. The number of imidazole rings is 1. The largest absolute Gasteiger partial charge is 0.489 e. The number of fused-ring (bicyclic) bond motifs is 1. The molecule has 0 radical (unpaired) electrons. The maximum Gasteiger partial charge on any atom is 0.387 e. The minimum absolute atomic E-state index is 0.0228. The number of aromatic nitrogens is 2. The molecule has 3 rings (SSSR count). The molecule has 0 spiro atoms. The Labute approximate surface area is 170 Å². The minimum Gasteiger partial charge on any atom is -0.489 e. The number of para-hydroxylation sites is 1. The zero-order valence-electron chi connectivity index (χ0n) is 16.1. The molecule has 0 aliphatic heterocycles. The van der Waals surface area contributed by atoms with Crippen molar-refractivity contribution in [3.05, 3.63) is 46.7 Å². The normalized spacial score (nSPS) is 12.2. The van der Waals surface area contributed by atoms with E-state index in [9.17, 15) is 18.7 Å². The SMILES string of the molecule is CC(C)(C)COc1c(/C=C/c2nc3sccn3c2C(=O)O)cccc1OC(F)F. The maximum absolute atomic E-state index is 12.8. The minimum atomic E-state index is -3.00. The third-order valence-corrected chi connectivity index (χ3v) is 4.54. The van der Waals surface area contributed by atoms with Crippen LogP contribution < -0.4 is 9.47 Å². The van der Waals surface area contributed by atoms with Crippen LogP contribution in [0, 0.1) is 5.41 Å². The van der Waals surface area contributed by atoms with Gasteiger partial charge in [-0.15, -0.1) is 11.3 Å². The molecule has 1 aromatic carbocycles. The van der Waals surface area contributed by atoms with E-state index in [1.54, 1.807) is 29.8 Å². The van der Waals surface area contributed by atoms with Gasteiger partial charge in [0.2, 0.25) is 0 Å². The summed E-state index contributed by atoms with van der Waals surface area (Å²) in [5, 5.41) is 11.3. The molecule has 0 fully saturated rings. The Bertz CT molecular complexity index is 1050. The first-order chi connectivity index (χ1) is 13.7. The molecule has 6 nitrogen and oxygen atoms in total. The van der Waals surface area contributed by atoms with E-state index in [1.165, 1.54) is 27.9 Å². The lowest BCUT2D eigenvalue weighted by Gasteiger charge is -2.21. The van der Waals surface area contributed by atoms with Crippen molar-refractivity contribution < 1.29 is 28.2 Å². The van der Waals surface area contributed by atoms with E-state index < -0.39 is 12.6 Å². The summed E-state index contributed by atoms with van der Waals surface area (Å²) in [4.78, 5) is 16.5. The lowest BCUT2D eigenvalue weighted by molar-refractivity contribution is -0.0517. The third-order valence-electron chi connectivity index (χ3n) is 3.79. The molecule has 0 saturated carbocycles. The molecule has 0 bridgehead atoms. The van der Waals surface area contributed by atoms with E-state index in [2.05, 4.69) is 9.72 Å². The highest BCUT2D eigenvalue weighted by atomic mass is 32.1. The van der Waals surface area contributed by atoms with E-state index in [4.69, 9.17) is 4.74 Å². The Hall–Kier alpha value is -2.94. The second kappa shape index (κ2) is 8.20. The van der Waals surface area contributed by atoms with Crippen LogP contribution >= 0.6 is 11.3 Å². The number of hydrogen-bond acceptors (Lipinski definition) is 5. The standard InChI is InChI=1S/C20H20F2N2O4S/c1-20(2,3)11-27-16-12(5-4-6-14(16)28-18(21)22)7-8-13-15(17(25)26)24-9-10-29-19(24)23-13/h4-10,18H,11H2,1-3H3,(H,25,26)/b8-7+. The fourth-order valence-corrected chi connectivity index (χ4v) is 3.32. The Morgan fingerprint density at radius 2 is 2.10 bits per heavy atom. The Balaban J connectivity index is 2.00. The van der Waals surface area contributed by atoms with Crippen molar-refractivity contribution in [2.75, 3.05) is 6.61 Å². The molecule has 154 valence electrons. The quantitative estimate of drug-likeness (QED) is 0.560. The van der Waals surface area contributed by atoms with E-state index in [0.29, 0.717) is 10.5 Å². The number of carboxylic acids is 1. The highest BCUT2D eigenvalue weighted by Gasteiger charge is 2.20. The molecule has 0 unspecified atom stereocenters. The van der Waals surface area contributed by atoms with Gasteiger partial charge in [-0.05, 0) is 23.6 Å². The van der Waals surface area contributed by atoms with E-state index >= 15 is 0 Å². The van der Waals surface area contributed by atoms with E-state index in [0.717, 1.165) is 0 Å². The van der Waals surface area contributed by atoms with E-state index in [1.807, 2.05) is 20.8 Å². The summed E-state index contributed by atoms with van der Waals surface area (Å²) in [5.41, 5.74) is 0.546. The maximum atomic E-state index is 12.8. The molecule has 3 aromatic rings. The first kappa shape index (κ1) is 20.8. The number of benzene rings is 1. The van der Waals surface area contributed by atoms with Crippen molar-refractivity contribution in [2.45, 2.75) is 27.4 Å². The number of thiazole rings is 1. The Morgan fingerprint density at radius 3 is 2.76 bits per heavy atom. The van der Waals surface area contributed by atoms with Crippen molar-refractivity contribution >= 4 is 34.4 Å². The number of rotatable bonds is 7. The highest BCUT2D eigenvalue weighted by Crippen LogP contribution is 2.35. The average Bonchev–Trinajstić information content (AvgIpc) is 3.17. The smallest absolute Gasteiger partial charge is 0.387 e. The molecule has 9 heteroatoms. The molecule has 0 saturated heterocycles. The van der Waals surface area contributed by atoms with Crippen molar-refractivity contribution in [1.82, 2.24) is 9.38 Å². The number of carbonyl (C=O) groups is 1. The Morgan fingerprint density at radius 1 is 1.34 bits per heavy atom. The summed E-state index contributed by atoms with van der Waals surface area (Å²) in [6.07, 6.45) is 4.73. The van der Waals surface area contributed by atoms with Gasteiger partial charge in [-0.1, -0.05) is 32.9 Å². The van der Waals surface area contributed by atoms with Gasteiger partial charge in [0.1, 0.15) is 0 Å². The fraction of sp³-hybridized carbons (Fsp3) is 0.300. The molecule has 29 heavy (non-hydrogen) atoms. The second-order valence-electron chi connectivity index (χ2n) is 7.44. The van der Waals surface area contributed by atoms with Gasteiger partial charge in [-0.3, -0.25) is 4.40 Å². The number of hydrogen-bond donors (Lipinski definition) is 1. The topological polar surface area (TPSA) is 73.1 Å². The van der Waals surface area contributed by atoms with Crippen molar-refractivity contribution in [1.29, 1.82) is 0 Å². The lowest BCUT2D eigenvalue weighted by Crippen LogP contribution is -2.18. The molecule has 0 amide bonds. The van der Waals surface area contributed by atoms with Gasteiger partial charge in [0, 0.05) is 17.1 Å². The van der Waals surface area contributed by atoms with Crippen LogP contribution in [0.5, 0.6) is 11.5 Å². The average molecular weight is 422 g/mol. The predicted octanol–water partition coefficient (Wildman–Crippen LogP) is 5.29. The zero-order chi connectivity index (χ0) is 21.2. The van der Waals surface area contributed by atoms with Crippen molar-refractivity contribution in [3.8, 4) is 11.5 Å². The van der Waals surface area contributed by atoms with Crippen LogP contribution in [0.4, 0.5) is 8.78 Å². The highest BCUT2D eigenvalue weighted by molar-refractivity contribution is 7.15. The van der Waals surface area contributed by atoms with Crippen LogP contribution in [0.25, 0.3) is 17.1 Å². The first-order valence-electron chi connectivity index (χ1n) is 8.73. The third kappa shape index (κ3) is 4.92. The summed E-state index contributed by atoms with van der Waals surface area (Å²) in [5.74, 6) is -1.04. The van der Waals surface area contributed by atoms with Crippen LogP contribution in [0.2, 0.25) is 0 Å². The number of aromatic carboxylic acids is 1. The van der Waals surface area contributed by atoms with Crippen LogP contribution in [0.15, 0.2) is 29.8 Å². The molecule has 1 N–H and O–H groups in total. The number of alkyl halides is 2. The summed E-state index contributed by atoms with van der Waals surface area (Å²) in [6, 6.07) is 4.63. The van der Waals surface area contributed by atoms with Gasteiger partial charge < -0.3 is 14.6 Å². The molecule has 0 aliphatic rings. The summed E-state index contributed by atoms with van der Waals surface area (Å²) >= 11 is 1.31. The first-order valence-corrected chi connectivity index (χ1v) is 9.61.